The largest absolute Gasteiger partial charge is 0.479 e. The van der Waals surface area contributed by atoms with Crippen LogP contribution in [0.25, 0.3) is 22.4 Å². The van der Waals surface area contributed by atoms with Gasteiger partial charge in [0.05, 0.1) is 16.1 Å². The van der Waals surface area contributed by atoms with Gasteiger partial charge in [-0.1, -0.05) is 47.5 Å². The minimum atomic E-state index is -0.824. The number of anilines is 1. The molecule has 1 unspecified atom stereocenters. The van der Waals surface area contributed by atoms with Crippen molar-refractivity contribution >= 4 is 63.2 Å². The molecule has 0 saturated carbocycles. The first-order chi connectivity index (χ1) is 15.4. The fraction of sp³-hybridized carbons (Fsp3) is 0.0870. The van der Waals surface area contributed by atoms with Gasteiger partial charge in [0.15, 0.2) is 11.2 Å². The number of halogens is 2. The van der Waals surface area contributed by atoms with Crippen LogP contribution >= 0.6 is 35.4 Å². The van der Waals surface area contributed by atoms with Crippen LogP contribution in [-0.2, 0) is 4.79 Å². The van der Waals surface area contributed by atoms with E-state index < -0.39 is 12.0 Å². The van der Waals surface area contributed by atoms with Gasteiger partial charge >= 0.3 is 0 Å². The molecule has 1 atom stereocenters. The lowest BCUT2D eigenvalue weighted by atomic mass is 10.2. The number of nitrogens with zero attached hydrogens (tertiary/aromatic N) is 1. The zero-order valence-electron chi connectivity index (χ0n) is 16.9. The molecule has 1 heterocycles. The van der Waals surface area contributed by atoms with E-state index in [1.54, 1.807) is 25.1 Å². The quantitative estimate of drug-likeness (QED) is 0.311. The molecule has 0 aliphatic heterocycles. The SMILES string of the molecule is CC(Oc1ccc(Cl)cc1Cl)C(=O)NC(=S)Nc1cccc(-c2nc3ccccc3[nH]2)c1. The second-order valence-electron chi connectivity index (χ2n) is 6.96. The van der Waals surface area contributed by atoms with E-state index in [9.17, 15) is 4.79 Å². The molecule has 9 heteroatoms. The Labute approximate surface area is 199 Å². The second kappa shape index (κ2) is 9.56. The summed E-state index contributed by atoms with van der Waals surface area (Å²) < 4.78 is 5.62. The van der Waals surface area contributed by atoms with Crippen molar-refractivity contribution < 1.29 is 9.53 Å². The molecule has 4 rings (SSSR count). The van der Waals surface area contributed by atoms with E-state index in [1.807, 2.05) is 48.5 Å². The number of nitrogens with one attached hydrogen (secondary N) is 3. The van der Waals surface area contributed by atoms with Gasteiger partial charge in [0, 0.05) is 16.3 Å². The number of carbonyl (C=O) groups is 1. The lowest BCUT2D eigenvalue weighted by Gasteiger charge is -2.16. The number of ether oxygens (including phenoxy) is 1. The molecule has 0 bridgehead atoms. The molecule has 32 heavy (non-hydrogen) atoms. The minimum absolute atomic E-state index is 0.148. The number of benzene rings is 3. The van der Waals surface area contributed by atoms with Gasteiger partial charge in [0.25, 0.3) is 5.91 Å². The maximum Gasteiger partial charge on any atom is 0.266 e. The Bertz CT molecular complexity index is 1280. The second-order valence-corrected chi connectivity index (χ2v) is 8.21. The molecule has 1 amide bonds. The first-order valence-corrected chi connectivity index (χ1v) is 10.8. The van der Waals surface area contributed by atoms with Crippen molar-refractivity contribution in [2.75, 3.05) is 5.32 Å². The Morgan fingerprint density at radius 1 is 1.09 bits per heavy atom. The number of imidazole rings is 1. The number of carbonyl (C=O) groups excluding carboxylic acids is 1. The molecule has 162 valence electrons. The van der Waals surface area contributed by atoms with E-state index in [-0.39, 0.29) is 5.11 Å². The molecule has 0 spiro atoms. The molecule has 0 saturated heterocycles. The molecule has 0 radical (unpaired) electrons. The van der Waals surface area contributed by atoms with Gasteiger partial charge in [-0.25, -0.2) is 4.98 Å². The summed E-state index contributed by atoms with van der Waals surface area (Å²) >= 11 is 17.3. The minimum Gasteiger partial charge on any atom is -0.479 e. The van der Waals surface area contributed by atoms with Crippen LogP contribution in [0.5, 0.6) is 5.75 Å². The third-order valence-corrected chi connectivity index (χ3v) is 5.32. The fourth-order valence-electron chi connectivity index (χ4n) is 3.02. The van der Waals surface area contributed by atoms with Crippen LogP contribution in [-0.4, -0.2) is 27.1 Å². The highest BCUT2D eigenvalue weighted by Crippen LogP contribution is 2.28. The van der Waals surface area contributed by atoms with Crippen molar-refractivity contribution in [2.24, 2.45) is 0 Å². The predicted molar refractivity (Wildman–Crippen MR) is 132 cm³/mol. The summed E-state index contributed by atoms with van der Waals surface area (Å²) in [4.78, 5) is 20.4. The van der Waals surface area contributed by atoms with E-state index in [0.29, 0.717) is 21.5 Å². The Balaban J connectivity index is 1.39. The average molecular weight is 485 g/mol. The number of rotatable bonds is 5. The summed E-state index contributed by atoms with van der Waals surface area (Å²) in [6.45, 7) is 1.60. The fourth-order valence-corrected chi connectivity index (χ4v) is 3.70. The van der Waals surface area contributed by atoms with E-state index in [1.165, 1.54) is 0 Å². The van der Waals surface area contributed by atoms with E-state index in [2.05, 4.69) is 20.6 Å². The highest BCUT2D eigenvalue weighted by molar-refractivity contribution is 7.80. The van der Waals surface area contributed by atoms with Gasteiger partial charge in [0.1, 0.15) is 11.6 Å². The standard InChI is InChI=1S/C23H18Cl2N4O2S/c1-13(31-20-10-9-15(24)12-17(20)25)22(30)29-23(32)26-16-6-4-5-14(11-16)21-27-18-7-2-3-8-19(18)28-21/h2-13H,1H3,(H,27,28)(H2,26,29,30,32). The first-order valence-electron chi connectivity index (χ1n) is 9.68. The number of fused-ring (bicyclic) bond motifs is 1. The number of aromatic nitrogens is 2. The summed E-state index contributed by atoms with van der Waals surface area (Å²) in [7, 11) is 0. The number of hydrogen-bond acceptors (Lipinski definition) is 4. The maximum absolute atomic E-state index is 12.5. The predicted octanol–water partition coefficient (Wildman–Crippen LogP) is 5.82. The zero-order chi connectivity index (χ0) is 22.7. The van der Waals surface area contributed by atoms with E-state index in [4.69, 9.17) is 40.2 Å². The van der Waals surface area contributed by atoms with Crippen LogP contribution in [0.15, 0.2) is 66.7 Å². The Morgan fingerprint density at radius 2 is 1.91 bits per heavy atom. The first kappa shape index (κ1) is 22.1. The summed E-state index contributed by atoms with van der Waals surface area (Å²) in [5.41, 5.74) is 3.44. The third-order valence-electron chi connectivity index (χ3n) is 4.59. The van der Waals surface area contributed by atoms with Crippen LogP contribution in [0.4, 0.5) is 5.69 Å². The normalized spacial score (nSPS) is 11.7. The van der Waals surface area contributed by atoms with Crippen LogP contribution < -0.4 is 15.4 Å². The van der Waals surface area contributed by atoms with Crippen molar-refractivity contribution in [1.29, 1.82) is 0 Å². The van der Waals surface area contributed by atoms with Crippen LogP contribution in [0, 0.1) is 0 Å². The molecule has 3 aromatic carbocycles. The number of hydrogen-bond donors (Lipinski definition) is 3. The number of thiocarbonyl (C=S) groups is 1. The van der Waals surface area contributed by atoms with Gasteiger partial charge in [-0.3, -0.25) is 10.1 Å². The van der Waals surface area contributed by atoms with Crippen LogP contribution in [0.2, 0.25) is 10.0 Å². The summed E-state index contributed by atoms with van der Waals surface area (Å²) in [6, 6.07) is 20.2. The number of para-hydroxylation sites is 2. The van der Waals surface area contributed by atoms with Gasteiger partial charge in [-0.05, 0) is 61.6 Å². The van der Waals surface area contributed by atoms with Gasteiger partial charge in [-0.15, -0.1) is 0 Å². The summed E-state index contributed by atoms with van der Waals surface area (Å²) in [5.74, 6) is 0.685. The van der Waals surface area contributed by atoms with Crippen molar-refractivity contribution in [3.8, 4) is 17.1 Å². The van der Waals surface area contributed by atoms with Crippen molar-refractivity contribution in [1.82, 2.24) is 15.3 Å². The Hall–Kier alpha value is -3.13. The number of aromatic amines is 1. The van der Waals surface area contributed by atoms with Gasteiger partial charge < -0.3 is 15.0 Å². The van der Waals surface area contributed by atoms with Crippen molar-refractivity contribution in [3.63, 3.8) is 0 Å². The molecular formula is C23H18Cl2N4O2S. The smallest absolute Gasteiger partial charge is 0.266 e. The third kappa shape index (κ3) is 5.19. The molecule has 6 nitrogen and oxygen atoms in total. The Morgan fingerprint density at radius 3 is 2.69 bits per heavy atom. The molecule has 0 fully saturated rings. The topological polar surface area (TPSA) is 79.0 Å². The molecule has 3 N–H and O–H groups in total. The highest BCUT2D eigenvalue weighted by Gasteiger charge is 2.18. The number of amides is 1. The molecule has 0 aliphatic carbocycles. The van der Waals surface area contributed by atoms with Crippen LogP contribution in [0.1, 0.15) is 6.92 Å². The lowest BCUT2D eigenvalue weighted by molar-refractivity contribution is -0.125. The zero-order valence-corrected chi connectivity index (χ0v) is 19.2. The highest BCUT2D eigenvalue weighted by atomic mass is 35.5. The van der Waals surface area contributed by atoms with Gasteiger partial charge in [-0.2, -0.15) is 0 Å². The lowest BCUT2D eigenvalue weighted by Crippen LogP contribution is -2.42. The maximum atomic E-state index is 12.5. The molecular weight excluding hydrogens is 467 g/mol. The average Bonchev–Trinajstić information content (AvgIpc) is 3.20. The molecule has 0 aliphatic rings. The monoisotopic (exact) mass is 484 g/mol. The van der Waals surface area contributed by atoms with E-state index >= 15 is 0 Å². The summed E-state index contributed by atoms with van der Waals surface area (Å²) in [6.07, 6.45) is -0.824. The number of H-pyrrole nitrogens is 1. The Kier molecular flexibility index (Phi) is 6.60. The molecule has 4 aromatic rings. The molecule has 1 aromatic heterocycles. The van der Waals surface area contributed by atoms with Crippen molar-refractivity contribution in [3.05, 3.63) is 76.8 Å². The van der Waals surface area contributed by atoms with Crippen LogP contribution in [0.3, 0.4) is 0 Å². The van der Waals surface area contributed by atoms with E-state index in [0.717, 1.165) is 22.4 Å². The summed E-state index contributed by atoms with van der Waals surface area (Å²) in [5, 5.41) is 6.59. The van der Waals surface area contributed by atoms with Gasteiger partial charge in [0.2, 0.25) is 0 Å². The van der Waals surface area contributed by atoms with Crippen molar-refractivity contribution in [2.45, 2.75) is 13.0 Å².